The maximum absolute atomic E-state index is 12.5. The number of carbonyl (C=O) groups excluding carboxylic acids is 2. The third kappa shape index (κ3) is 5.57. The van der Waals surface area contributed by atoms with Crippen LogP contribution in [0.1, 0.15) is 24.2 Å². The van der Waals surface area contributed by atoms with Gasteiger partial charge in [0.15, 0.2) is 0 Å². The maximum Gasteiger partial charge on any atom is 0.266 e. The molecule has 1 saturated heterocycles. The van der Waals surface area contributed by atoms with Crippen LogP contribution in [0.15, 0.2) is 56.9 Å². The minimum Gasteiger partial charge on any atom is -0.465 e. The lowest BCUT2D eigenvalue weighted by Gasteiger charge is -2.14. The first kappa shape index (κ1) is 22.2. The molecule has 2 amide bonds. The van der Waals surface area contributed by atoms with Crippen LogP contribution in [-0.2, 0) is 19.6 Å². The predicted molar refractivity (Wildman–Crippen MR) is 117 cm³/mol. The van der Waals surface area contributed by atoms with Crippen molar-refractivity contribution in [3.63, 3.8) is 0 Å². The lowest BCUT2D eigenvalue weighted by molar-refractivity contribution is -0.124. The van der Waals surface area contributed by atoms with Gasteiger partial charge in [0.25, 0.3) is 15.9 Å². The van der Waals surface area contributed by atoms with E-state index in [0.29, 0.717) is 21.4 Å². The Morgan fingerprint density at radius 3 is 2.67 bits per heavy atom. The zero-order valence-corrected chi connectivity index (χ0v) is 18.4. The lowest BCUT2D eigenvalue weighted by atomic mass is 10.2. The van der Waals surface area contributed by atoms with Gasteiger partial charge in [0.2, 0.25) is 5.91 Å². The number of aryl methyl sites for hydroxylation is 1. The van der Waals surface area contributed by atoms with Gasteiger partial charge in [-0.3, -0.25) is 19.9 Å². The highest BCUT2D eigenvalue weighted by Gasteiger charge is 2.31. The molecule has 3 rings (SSSR count). The molecule has 2 N–H and O–H groups in total. The third-order valence-corrected chi connectivity index (χ3v) is 6.77. The number of nitrogens with one attached hydrogen (secondary N) is 2. The highest BCUT2D eigenvalue weighted by molar-refractivity contribution is 8.26. The summed E-state index contributed by atoms with van der Waals surface area (Å²) in [7, 11) is -3.85. The van der Waals surface area contributed by atoms with Crippen molar-refractivity contribution in [1.29, 1.82) is 0 Å². The molecule has 0 spiro atoms. The number of furan rings is 1. The van der Waals surface area contributed by atoms with Crippen molar-refractivity contribution in [2.75, 3.05) is 6.54 Å². The van der Waals surface area contributed by atoms with Crippen LogP contribution in [0.5, 0.6) is 0 Å². The standard InChI is InChI=1S/C19H19N3O5S3/c1-13-6-8-15(9-7-13)30(25,26)21-20-17(23)5-2-10-22-18(24)16(29-19(22)28)12-14-4-3-11-27-14/h3-4,6-9,11-12,21H,2,5,10H2,1H3,(H,20,23)/b16-12+. The van der Waals surface area contributed by atoms with Crippen molar-refractivity contribution < 1.29 is 22.4 Å². The maximum atomic E-state index is 12.5. The van der Waals surface area contributed by atoms with E-state index < -0.39 is 15.9 Å². The summed E-state index contributed by atoms with van der Waals surface area (Å²) in [5, 5.41) is 0. The highest BCUT2D eigenvalue weighted by atomic mass is 32.2. The van der Waals surface area contributed by atoms with Gasteiger partial charge >= 0.3 is 0 Å². The monoisotopic (exact) mass is 465 g/mol. The van der Waals surface area contributed by atoms with E-state index in [-0.39, 0.29) is 23.8 Å². The van der Waals surface area contributed by atoms with Crippen molar-refractivity contribution in [2.45, 2.75) is 24.7 Å². The van der Waals surface area contributed by atoms with Crippen LogP contribution >= 0.6 is 24.0 Å². The Morgan fingerprint density at radius 2 is 2.00 bits per heavy atom. The minimum absolute atomic E-state index is 0.0186. The number of hydrogen-bond acceptors (Lipinski definition) is 7. The fourth-order valence-corrected chi connectivity index (χ4v) is 4.71. The van der Waals surface area contributed by atoms with Gasteiger partial charge < -0.3 is 4.42 Å². The van der Waals surface area contributed by atoms with E-state index in [1.807, 2.05) is 6.92 Å². The van der Waals surface area contributed by atoms with Crippen LogP contribution in [-0.4, -0.2) is 36.0 Å². The number of amides is 2. The van der Waals surface area contributed by atoms with Crippen LogP contribution in [0, 0.1) is 6.92 Å². The molecule has 0 unspecified atom stereocenters. The Bertz CT molecular complexity index is 1080. The van der Waals surface area contributed by atoms with Crippen molar-refractivity contribution in [3.05, 3.63) is 58.9 Å². The summed E-state index contributed by atoms with van der Waals surface area (Å²) < 4.78 is 29.9. The van der Waals surface area contributed by atoms with Crippen LogP contribution in [0.4, 0.5) is 0 Å². The Morgan fingerprint density at radius 1 is 1.27 bits per heavy atom. The van der Waals surface area contributed by atoms with Gasteiger partial charge in [-0.25, -0.2) is 8.42 Å². The Labute approximate surface area is 183 Å². The number of thiocarbonyl (C=S) groups is 1. The van der Waals surface area contributed by atoms with E-state index in [1.54, 1.807) is 30.3 Å². The number of rotatable bonds is 8. The number of carbonyl (C=O) groups is 2. The van der Waals surface area contributed by atoms with Crippen LogP contribution in [0.25, 0.3) is 6.08 Å². The second kappa shape index (κ2) is 9.56. The summed E-state index contributed by atoms with van der Waals surface area (Å²) in [6.07, 6.45) is 3.47. The predicted octanol–water partition coefficient (Wildman–Crippen LogP) is 2.58. The molecule has 1 aliphatic heterocycles. The smallest absolute Gasteiger partial charge is 0.266 e. The van der Waals surface area contributed by atoms with E-state index in [0.717, 1.165) is 5.56 Å². The Hall–Kier alpha value is -2.47. The van der Waals surface area contributed by atoms with E-state index >= 15 is 0 Å². The second-order valence-electron chi connectivity index (χ2n) is 6.42. The van der Waals surface area contributed by atoms with Gasteiger partial charge in [-0.2, -0.15) is 0 Å². The van der Waals surface area contributed by atoms with Gasteiger partial charge in [0.05, 0.1) is 16.1 Å². The van der Waals surface area contributed by atoms with Crippen LogP contribution in [0.2, 0.25) is 0 Å². The fourth-order valence-electron chi connectivity index (χ4n) is 2.56. The number of thioether (sulfide) groups is 1. The molecule has 0 atom stereocenters. The van der Waals surface area contributed by atoms with Gasteiger partial charge in [0.1, 0.15) is 10.1 Å². The molecule has 1 aromatic carbocycles. The summed E-state index contributed by atoms with van der Waals surface area (Å²) >= 11 is 6.40. The van der Waals surface area contributed by atoms with Crippen molar-refractivity contribution >= 4 is 56.2 Å². The Kier molecular flexibility index (Phi) is 7.08. The largest absolute Gasteiger partial charge is 0.465 e. The van der Waals surface area contributed by atoms with Crippen LogP contribution < -0.4 is 10.3 Å². The molecule has 2 heterocycles. The number of hydrazine groups is 1. The Balaban J connectivity index is 1.47. The summed E-state index contributed by atoms with van der Waals surface area (Å²) in [4.78, 5) is 28.4. The topological polar surface area (TPSA) is 109 Å². The quantitative estimate of drug-likeness (QED) is 0.350. The number of sulfonamides is 1. The highest BCUT2D eigenvalue weighted by Crippen LogP contribution is 2.32. The van der Waals surface area contributed by atoms with E-state index in [4.69, 9.17) is 16.6 Å². The molecule has 2 aromatic rings. The third-order valence-electron chi connectivity index (χ3n) is 4.13. The molecule has 30 heavy (non-hydrogen) atoms. The fraction of sp³-hybridized carbons (Fsp3) is 0.211. The van der Waals surface area contributed by atoms with Gasteiger partial charge in [-0.05, 0) is 37.6 Å². The normalized spacial score (nSPS) is 15.8. The molecule has 0 bridgehead atoms. The van der Waals surface area contributed by atoms with Gasteiger partial charge in [0, 0.05) is 19.0 Å². The summed E-state index contributed by atoms with van der Waals surface area (Å²) in [6.45, 7) is 2.09. The SMILES string of the molecule is Cc1ccc(S(=O)(=O)NNC(=O)CCCN2C(=O)/C(=C\c3ccco3)SC2=S)cc1. The van der Waals surface area contributed by atoms with Crippen LogP contribution in [0.3, 0.4) is 0 Å². The van der Waals surface area contributed by atoms with E-state index in [9.17, 15) is 18.0 Å². The molecule has 8 nitrogen and oxygen atoms in total. The average Bonchev–Trinajstić information content (AvgIpc) is 3.30. The van der Waals surface area contributed by atoms with Gasteiger partial charge in [-0.1, -0.05) is 41.7 Å². The zero-order valence-electron chi connectivity index (χ0n) is 16.0. The van der Waals surface area contributed by atoms with Crippen molar-refractivity contribution in [2.24, 2.45) is 0 Å². The first-order chi connectivity index (χ1) is 14.3. The number of benzene rings is 1. The molecule has 1 aliphatic rings. The summed E-state index contributed by atoms with van der Waals surface area (Å²) in [5.74, 6) is -0.208. The molecular formula is C19H19N3O5S3. The first-order valence-corrected chi connectivity index (χ1v) is 11.6. The second-order valence-corrected chi connectivity index (χ2v) is 9.78. The molecule has 1 aromatic heterocycles. The number of nitrogens with zero attached hydrogens (tertiary/aromatic N) is 1. The average molecular weight is 466 g/mol. The molecule has 0 aliphatic carbocycles. The molecule has 0 radical (unpaired) electrons. The van der Waals surface area contributed by atoms with Crippen molar-refractivity contribution in [3.8, 4) is 0 Å². The lowest BCUT2D eigenvalue weighted by Crippen LogP contribution is -2.41. The minimum atomic E-state index is -3.85. The molecule has 1 fully saturated rings. The van der Waals surface area contributed by atoms with Gasteiger partial charge in [-0.15, -0.1) is 4.83 Å². The number of hydrogen-bond donors (Lipinski definition) is 2. The molecule has 11 heteroatoms. The van der Waals surface area contributed by atoms with E-state index in [1.165, 1.54) is 35.1 Å². The molecule has 158 valence electrons. The zero-order chi connectivity index (χ0) is 21.7. The summed E-state index contributed by atoms with van der Waals surface area (Å²) in [5.41, 5.74) is 3.10. The first-order valence-electron chi connectivity index (χ1n) is 8.92. The summed E-state index contributed by atoms with van der Waals surface area (Å²) in [6, 6.07) is 9.69. The van der Waals surface area contributed by atoms with Crippen molar-refractivity contribution in [1.82, 2.24) is 15.2 Å². The van der Waals surface area contributed by atoms with E-state index in [2.05, 4.69) is 10.3 Å². The molecule has 0 saturated carbocycles. The molecular weight excluding hydrogens is 446 g/mol.